The molecule has 0 radical (unpaired) electrons. The Labute approximate surface area is 356 Å². The van der Waals surface area contributed by atoms with Crippen molar-refractivity contribution in [1.82, 2.24) is 20.2 Å². The van der Waals surface area contributed by atoms with E-state index in [-0.39, 0.29) is 23.8 Å². The van der Waals surface area contributed by atoms with Crippen molar-refractivity contribution in [2.24, 2.45) is 23.2 Å². The Morgan fingerprint density at radius 3 is 2.13 bits per heavy atom. The van der Waals surface area contributed by atoms with E-state index in [4.69, 9.17) is 14.5 Å². The summed E-state index contributed by atoms with van der Waals surface area (Å²) in [4.78, 5) is 30.3. The van der Waals surface area contributed by atoms with Crippen molar-refractivity contribution in [3.8, 4) is 0 Å². The lowest BCUT2D eigenvalue weighted by Crippen LogP contribution is -2.48. The number of aryl methyl sites for hydroxylation is 4. The van der Waals surface area contributed by atoms with Gasteiger partial charge in [-0.3, -0.25) is 14.3 Å². The number of ether oxygens (including phenoxy) is 2. The largest absolute Gasteiger partial charge is 0.377 e. The van der Waals surface area contributed by atoms with Gasteiger partial charge in [0, 0.05) is 32.5 Å². The molecule has 324 valence electrons. The lowest BCUT2D eigenvalue weighted by atomic mass is 9.49. The van der Waals surface area contributed by atoms with Crippen molar-refractivity contribution >= 4 is 38.6 Å². The molecule has 2 amide bonds. The number of carbonyl (C=O) groups excluding carboxylic acids is 2. The van der Waals surface area contributed by atoms with Crippen LogP contribution in [0.1, 0.15) is 105 Å². The lowest BCUT2D eigenvalue weighted by Gasteiger charge is -2.56. The summed E-state index contributed by atoms with van der Waals surface area (Å²) in [5, 5.41) is 6.01. The van der Waals surface area contributed by atoms with E-state index in [0.29, 0.717) is 56.5 Å². The molecule has 1 aromatic heterocycles. The van der Waals surface area contributed by atoms with Crippen molar-refractivity contribution in [2.45, 2.75) is 116 Å². The van der Waals surface area contributed by atoms with Crippen LogP contribution in [0, 0.1) is 43.9 Å². The molecule has 4 aromatic rings. The minimum Gasteiger partial charge on any atom is -0.377 e. The van der Waals surface area contributed by atoms with E-state index in [1.54, 1.807) is 0 Å². The summed E-state index contributed by atoms with van der Waals surface area (Å²) in [7, 11) is -3.79. The molecule has 0 unspecified atom stereocenters. The number of amides is 2. The highest BCUT2D eigenvalue weighted by Gasteiger charge is 2.51. The number of hydrogen-bond acceptors (Lipinski definition) is 7. The monoisotopic (exact) mass is 839 g/mol. The third-order valence-electron chi connectivity index (χ3n) is 12.9. The van der Waals surface area contributed by atoms with Crippen LogP contribution in [0.5, 0.6) is 0 Å². The Morgan fingerprint density at radius 2 is 1.42 bits per heavy atom. The highest BCUT2D eigenvalue weighted by molar-refractivity contribution is 7.92. The molecule has 4 saturated carbocycles. The lowest BCUT2D eigenvalue weighted by molar-refractivity contribution is -0.130. The van der Waals surface area contributed by atoms with Gasteiger partial charge in [0.15, 0.2) is 0 Å². The van der Waals surface area contributed by atoms with Gasteiger partial charge in [-0.05, 0) is 130 Å². The van der Waals surface area contributed by atoms with Crippen molar-refractivity contribution in [2.75, 3.05) is 44.2 Å². The molecule has 3 N–H and O–H groups in total. The van der Waals surface area contributed by atoms with E-state index >= 15 is 0 Å². The quantitative estimate of drug-likeness (QED) is 0.0641. The molecule has 1 heterocycles. The van der Waals surface area contributed by atoms with Crippen molar-refractivity contribution < 1.29 is 27.5 Å². The predicted molar refractivity (Wildman–Crippen MR) is 236 cm³/mol. The first-order valence-corrected chi connectivity index (χ1v) is 23.8. The number of carbonyl (C=O) groups is 2. The standard InChI is InChI=1S/C48H65N5O6S/c1-34-22-35(2)47(36(3)23-34)60(56,57)52-41-15-16-43-42(27-41)51-44(53(43)32-37-12-8-7-9-13-37)14-10-5-4-6-11-17-49-46(55)33-59-21-20-58-19-18-50-45(54)31-48-28-38-24-39(29-48)26-40(25-38)30-48/h7-9,12-13,15-16,22-23,27,38-40,52H,4-6,10-11,14,17-21,24-26,28-33H2,1-3H3,(H,49,55)(H,50,54). The first-order valence-electron chi connectivity index (χ1n) is 22.3. The van der Waals surface area contributed by atoms with Gasteiger partial charge >= 0.3 is 0 Å². The normalized spacial score (nSPS) is 20.8. The molecule has 11 nitrogen and oxygen atoms in total. The second-order valence-electron chi connectivity index (χ2n) is 18.1. The summed E-state index contributed by atoms with van der Waals surface area (Å²) in [5.74, 6) is 3.58. The summed E-state index contributed by atoms with van der Waals surface area (Å²) in [6.07, 6.45) is 14.4. The fourth-order valence-electron chi connectivity index (χ4n) is 10.9. The molecule has 0 atom stereocenters. The summed E-state index contributed by atoms with van der Waals surface area (Å²) >= 11 is 0. The van der Waals surface area contributed by atoms with Crippen LogP contribution in [0.25, 0.3) is 11.0 Å². The number of imidazole rings is 1. The summed E-state index contributed by atoms with van der Waals surface area (Å²) in [6, 6.07) is 19.7. The SMILES string of the molecule is Cc1cc(C)c(S(=O)(=O)Nc2ccc3c(c2)nc(CCCCCCCNC(=O)COCCOCCNC(=O)CC24CC5CC(CC(C5)C2)C4)n3Cc2ccccc2)c(C)c1. The first kappa shape index (κ1) is 43.8. The Balaban J connectivity index is 0.767. The van der Waals surface area contributed by atoms with Crippen LogP contribution in [0.15, 0.2) is 65.6 Å². The van der Waals surface area contributed by atoms with Gasteiger partial charge in [0.2, 0.25) is 11.8 Å². The van der Waals surface area contributed by atoms with E-state index in [2.05, 4.69) is 32.1 Å². The van der Waals surface area contributed by atoms with Crippen LogP contribution in [0.2, 0.25) is 0 Å². The molecule has 12 heteroatoms. The van der Waals surface area contributed by atoms with E-state index in [9.17, 15) is 18.0 Å². The van der Waals surface area contributed by atoms with E-state index in [1.165, 1.54) is 44.1 Å². The van der Waals surface area contributed by atoms with E-state index in [0.717, 1.165) is 89.8 Å². The van der Waals surface area contributed by atoms with Crippen LogP contribution >= 0.6 is 0 Å². The van der Waals surface area contributed by atoms with Gasteiger partial charge in [-0.1, -0.05) is 67.3 Å². The van der Waals surface area contributed by atoms with Gasteiger partial charge in [-0.25, -0.2) is 13.4 Å². The predicted octanol–water partition coefficient (Wildman–Crippen LogP) is 8.18. The van der Waals surface area contributed by atoms with Crippen molar-refractivity contribution in [3.05, 3.63) is 88.7 Å². The highest BCUT2D eigenvalue weighted by atomic mass is 32.2. The summed E-state index contributed by atoms with van der Waals surface area (Å²) in [5.41, 5.74) is 6.11. The molecule has 0 spiro atoms. The van der Waals surface area contributed by atoms with Crippen LogP contribution in [-0.2, 0) is 42.1 Å². The van der Waals surface area contributed by atoms with Gasteiger partial charge in [0.25, 0.3) is 10.0 Å². The summed E-state index contributed by atoms with van der Waals surface area (Å²) < 4.78 is 43.2. The molecular formula is C48H65N5O6S. The second kappa shape index (κ2) is 20.1. The van der Waals surface area contributed by atoms with Gasteiger partial charge < -0.3 is 24.7 Å². The average Bonchev–Trinajstić information content (AvgIpc) is 3.51. The van der Waals surface area contributed by atoms with E-state index < -0.39 is 10.0 Å². The number of sulfonamides is 1. The zero-order valence-electron chi connectivity index (χ0n) is 35.9. The zero-order valence-corrected chi connectivity index (χ0v) is 36.7. The maximum atomic E-state index is 13.5. The number of nitrogens with zero attached hydrogens (tertiary/aromatic N) is 2. The molecule has 4 aliphatic carbocycles. The van der Waals surface area contributed by atoms with Crippen LogP contribution in [-0.4, -0.2) is 69.3 Å². The molecule has 0 saturated heterocycles. The molecule has 60 heavy (non-hydrogen) atoms. The second-order valence-corrected chi connectivity index (χ2v) is 19.7. The van der Waals surface area contributed by atoms with Crippen LogP contribution < -0.4 is 15.4 Å². The molecule has 4 aliphatic rings. The van der Waals surface area contributed by atoms with Crippen molar-refractivity contribution in [3.63, 3.8) is 0 Å². The maximum Gasteiger partial charge on any atom is 0.262 e. The maximum absolute atomic E-state index is 13.5. The fraction of sp³-hybridized carbons (Fsp3) is 0.562. The number of nitrogens with one attached hydrogen (secondary N) is 3. The fourth-order valence-corrected chi connectivity index (χ4v) is 12.5. The van der Waals surface area contributed by atoms with Gasteiger partial charge in [-0.2, -0.15) is 0 Å². The molecule has 3 aromatic carbocycles. The van der Waals surface area contributed by atoms with Gasteiger partial charge in [-0.15, -0.1) is 0 Å². The highest BCUT2D eigenvalue weighted by Crippen LogP contribution is 2.61. The molecular weight excluding hydrogens is 775 g/mol. The first-order chi connectivity index (χ1) is 28.9. The van der Waals surface area contributed by atoms with Crippen LogP contribution in [0.4, 0.5) is 5.69 Å². The molecule has 4 fully saturated rings. The molecule has 0 aliphatic heterocycles. The number of benzene rings is 3. The topological polar surface area (TPSA) is 141 Å². The minimum absolute atomic E-state index is 0.00853. The Hall–Kier alpha value is -4.26. The third-order valence-corrected chi connectivity index (χ3v) is 14.6. The van der Waals surface area contributed by atoms with E-state index in [1.807, 2.05) is 69.3 Å². The Kier molecular flexibility index (Phi) is 14.7. The summed E-state index contributed by atoms with van der Waals surface area (Å²) in [6.45, 7) is 8.60. The minimum atomic E-state index is -3.79. The number of anilines is 1. The average molecular weight is 840 g/mol. The number of rotatable bonds is 23. The molecule has 8 rings (SSSR count). The Morgan fingerprint density at radius 1 is 0.767 bits per heavy atom. The smallest absolute Gasteiger partial charge is 0.262 e. The third kappa shape index (κ3) is 11.6. The number of fused-ring (bicyclic) bond motifs is 1. The molecule has 4 bridgehead atoms. The van der Waals surface area contributed by atoms with Gasteiger partial charge in [0.1, 0.15) is 12.4 Å². The Bertz CT molecular complexity index is 2140. The number of aromatic nitrogens is 2. The van der Waals surface area contributed by atoms with Crippen LogP contribution in [0.3, 0.4) is 0 Å². The van der Waals surface area contributed by atoms with Gasteiger partial charge in [0.05, 0.1) is 41.4 Å². The zero-order chi connectivity index (χ0) is 42.1. The number of unbranched alkanes of at least 4 members (excludes halogenated alkanes) is 4. The van der Waals surface area contributed by atoms with Crippen molar-refractivity contribution in [1.29, 1.82) is 0 Å². The number of hydrogen-bond donors (Lipinski definition) is 3.